The van der Waals surface area contributed by atoms with Gasteiger partial charge in [0.2, 0.25) is 34.8 Å². The molecule has 3 aliphatic rings. The van der Waals surface area contributed by atoms with E-state index < -0.39 is 182 Å². The molecule has 2 aliphatic heterocycles. The number of ether oxygens (including phenoxy) is 12. The van der Waals surface area contributed by atoms with Crippen LogP contribution in [0, 0.1) is 29.1 Å². The van der Waals surface area contributed by atoms with E-state index in [9.17, 15) is 57.1 Å². The zero-order valence-corrected chi connectivity index (χ0v) is 42.1. The molecule has 3 aromatic carbocycles. The number of fused-ring (bicyclic) bond motifs is 3. The smallest absolute Gasteiger partial charge is 0.407 e. The molecule has 24 nitrogen and oxygen atoms in total. The van der Waals surface area contributed by atoms with Gasteiger partial charge in [0.25, 0.3) is 0 Å². The first kappa shape index (κ1) is 59.3. The maximum Gasteiger partial charge on any atom is 0.407 e. The molecule has 2 fully saturated rings. The fourth-order valence-electron chi connectivity index (χ4n) is 8.73. The van der Waals surface area contributed by atoms with E-state index >= 15 is 8.78 Å². The Morgan fingerprint density at radius 2 is 1.04 bits per heavy atom. The number of esters is 7. The molecule has 78 heavy (non-hydrogen) atoms. The van der Waals surface area contributed by atoms with Gasteiger partial charge < -0.3 is 62.2 Å². The Morgan fingerprint density at radius 1 is 0.590 bits per heavy atom. The molecule has 1 amide bonds. The van der Waals surface area contributed by atoms with Crippen LogP contribution in [-0.4, -0.2) is 141 Å². The highest BCUT2D eigenvalue weighted by atomic mass is 19.2. The number of azide groups is 1. The maximum atomic E-state index is 15.0. The van der Waals surface area contributed by atoms with Crippen LogP contribution in [0.1, 0.15) is 65.5 Å². The lowest BCUT2D eigenvalue weighted by atomic mass is 9.95. The number of carbonyl (C=O) groups is 8. The molecule has 0 radical (unpaired) electrons. The highest BCUT2D eigenvalue weighted by molar-refractivity contribution is 5.84. The van der Waals surface area contributed by atoms with Gasteiger partial charge in [-0.05, 0) is 34.7 Å². The molecular weight excluding hydrogens is 1060 g/mol. The predicted octanol–water partition coefficient (Wildman–Crippen LogP) is 4.97. The van der Waals surface area contributed by atoms with E-state index in [0.717, 1.165) is 70.7 Å². The second-order valence-corrected chi connectivity index (χ2v) is 17.4. The number of hydrogen-bond donors (Lipinski definition) is 1. The molecule has 2 saturated heterocycles. The second kappa shape index (κ2) is 25.9. The van der Waals surface area contributed by atoms with E-state index in [0.29, 0.717) is 0 Å². The predicted molar refractivity (Wildman–Crippen MR) is 245 cm³/mol. The van der Waals surface area contributed by atoms with Crippen molar-refractivity contribution in [2.45, 2.75) is 128 Å². The van der Waals surface area contributed by atoms with Gasteiger partial charge in [-0.15, -0.1) is 0 Å². The van der Waals surface area contributed by atoms with Crippen LogP contribution in [0.3, 0.4) is 0 Å². The minimum atomic E-state index is -2.61. The largest absolute Gasteiger partial charge is 0.463 e. The first-order valence-corrected chi connectivity index (χ1v) is 23.4. The van der Waals surface area contributed by atoms with Crippen LogP contribution >= 0.6 is 0 Å². The summed E-state index contributed by atoms with van der Waals surface area (Å²) in [5, 5.41) is 5.80. The van der Waals surface area contributed by atoms with Gasteiger partial charge in [0.05, 0.1) is 6.10 Å². The van der Waals surface area contributed by atoms with E-state index in [1.807, 2.05) is 12.1 Å². The molecule has 1 N–H and O–H groups in total. The molecule has 29 heteroatoms. The molecule has 1 aliphatic carbocycles. The van der Waals surface area contributed by atoms with Crippen molar-refractivity contribution in [2.75, 3.05) is 19.8 Å². The standard InChI is InChI=1S/C49H49F5N4O20/c1-19(38(46(65)77-42-36(53)34(51)33(50)35(52)37(42)54)56-49(66)69-16-30-28-14-10-8-12-26(28)27-13-9-11-15-29(27)30)70-47-39(57-58-55)43(40(71-22(4)61)31(75-47)17-67-20(2)59)78-48-45(74-25(7)64)44(73-24(6)63)41(72-23(5)62)32(76-48)18-68-21(3)60/h8-15,19,30-32,38-41,43-45,47-48H,16-18H2,1-7H3,(H,56,66)/t19-,31-,32-,38+,39-,40+,41+,43-,44+,45-,47-,48+/m1/s1. The van der Waals surface area contributed by atoms with Crippen LogP contribution in [0.15, 0.2) is 53.6 Å². The van der Waals surface area contributed by atoms with Crippen molar-refractivity contribution in [3.8, 4) is 16.9 Å². The summed E-state index contributed by atoms with van der Waals surface area (Å²) in [4.78, 5) is 105. The van der Waals surface area contributed by atoms with Crippen LogP contribution in [0.5, 0.6) is 5.75 Å². The second-order valence-electron chi connectivity index (χ2n) is 17.4. The maximum absolute atomic E-state index is 15.0. The van der Waals surface area contributed by atoms with Crippen LogP contribution in [-0.2, 0) is 85.7 Å². The van der Waals surface area contributed by atoms with E-state index in [4.69, 9.17) is 56.8 Å². The molecule has 2 heterocycles. The normalized spacial score (nSPS) is 24.1. The first-order chi connectivity index (χ1) is 36.9. The molecule has 0 bridgehead atoms. The van der Waals surface area contributed by atoms with E-state index in [1.54, 1.807) is 36.4 Å². The van der Waals surface area contributed by atoms with Crippen molar-refractivity contribution < 1.29 is 117 Å². The first-order valence-electron chi connectivity index (χ1n) is 23.4. The fraction of sp³-hybridized carbons (Fsp3) is 0.469. The molecule has 6 rings (SSSR count). The SMILES string of the molecule is CC(=O)OC[C@H]1O[C@@H](O[C@@H]2[C@@H](N=[N+]=[N-])[C@H](O[C@H](C)[C@H](NC(=O)OCC3c4ccccc4-c4ccccc43)C(=O)Oc3c(F)c(F)c(F)c(F)c3F)O[C@H](COC(C)=O)[C@@H]2OC(C)=O)[C@H](OC(C)=O)[C@@H](OC(C)=O)[C@H]1OC(C)=O. The number of rotatable bonds is 19. The molecular formula is C49H49F5N4O20. The molecule has 0 unspecified atom stereocenters. The van der Waals surface area contributed by atoms with Gasteiger partial charge in [0, 0.05) is 52.4 Å². The summed E-state index contributed by atoms with van der Waals surface area (Å²) >= 11 is 0. The summed E-state index contributed by atoms with van der Waals surface area (Å²) in [7, 11) is 0. The molecule has 0 spiro atoms. The minimum Gasteiger partial charge on any atom is -0.463 e. The van der Waals surface area contributed by atoms with Gasteiger partial charge in [-0.2, -0.15) is 8.78 Å². The van der Waals surface area contributed by atoms with Crippen LogP contribution in [0.2, 0.25) is 0 Å². The Labute approximate surface area is 438 Å². The third kappa shape index (κ3) is 13.9. The summed E-state index contributed by atoms with van der Waals surface area (Å²) < 4.78 is 140. The van der Waals surface area contributed by atoms with Crippen molar-refractivity contribution in [3.05, 3.63) is 99.2 Å². The summed E-state index contributed by atoms with van der Waals surface area (Å²) in [5.74, 6) is -23.6. The number of benzene rings is 3. The lowest BCUT2D eigenvalue weighted by Gasteiger charge is -2.48. The van der Waals surface area contributed by atoms with Gasteiger partial charge in [0.15, 0.2) is 43.0 Å². The van der Waals surface area contributed by atoms with Gasteiger partial charge >= 0.3 is 47.9 Å². The number of alkyl carbamates (subject to hydrolysis) is 1. The number of halogens is 5. The number of hydrogen-bond acceptors (Lipinski definition) is 21. The average molecular weight is 1110 g/mol. The Morgan fingerprint density at radius 3 is 1.53 bits per heavy atom. The summed E-state index contributed by atoms with van der Waals surface area (Å²) in [6, 6.07) is 9.78. The number of nitrogens with one attached hydrogen (secondary N) is 1. The van der Waals surface area contributed by atoms with Gasteiger partial charge in [-0.25, -0.2) is 22.8 Å². The summed E-state index contributed by atoms with van der Waals surface area (Å²) in [6.07, 6.45) is -20.8. The Kier molecular flexibility index (Phi) is 19.7. The lowest BCUT2D eigenvalue weighted by Crippen LogP contribution is -2.67. The zero-order valence-electron chi connectivity index (χ0n) is 42.1. The highest BCUT2D eigenvalue weighted by Crippen LogP contribution is 2.45. The quantitative estimate of drug-likeness (QED) is 0.0191. The fourth-order valence-corrected chi connectivity index (χ4v) is 8.73. The topological polar surface area (TPSA) is 308 Å². The zero-order chi connectivity index (χ0) is 57.3. The molecule has 12 atom stereocenters. The average Bonchev–Trinajstić information content (AvgIpc) is 3.74. The van der Waals surface area contributed by atoms with E-state index in [-0.39, 0.29) is 0 Å². The minimum absolute atomic E-state index is 0.410. The van der Waals surface area contributed by atoms with Crippen molar-refractivity contribution in [3.63, 3.8) is 0 Å². The number of amides is 1. The van der Waals surface area contributed by atoms with Crippen molar-refractivity contribution >= 4 is 47.9 Å². The van der Waals surface area contributed by atoms with Crippen molar-refractivity contribution in [2.24, 2.45) is 5.11 Å². The van der Waals surface area contributed by atoms with E-state index in [1.165, 1.54) is 0 Å². The lowest BCUT2D eigenvalue weighted by molar-refractivity contribution is -0.347. The molecule has 3 aromatic rings. The monoisotopic (exact) mass is 1110 g/mol. The van der Waals surface area contributed by atoms with Crippen LogP contribution in [0.25, 0.3) is 21.6 Å². The summed E-state index contributed by atoms with van der Waals surface area (Å²) in [6.45, 7) is 4.56. The van der Waals surface area contributed by atoms with Crippen LogP contribution in [0.4, 0.5) is 26.7 Å². The third-order valence-electron chi connectivity index (χ3n) is 11.9. The number of nitrogens with zero attached hydrogens (tertiary/aromatic N) is 3. The molecule has 0 aromatic heterocycles. The Bertz CT molecular complexity index is 2780. The third-order valence-corrected chi connectivity index (χ3v) is 11.9. The van der Waals surface area contributed by atoms with Gasteiger partial charge in [-0.1, -0.05) is 53.6 Å². The highest BCUT2D eigenvalue weighted by Gasteiger charge is 2.57. The van der Waals surface area contributed by atoms with Gasteiger partial charge in [0.1, 0.15) is 44.2 Å². The Hall–Kier alpha value is -7.98. The van der Waals surface area contributed by atoms with Crippen molar-refractivity contribution in [1.29, 1.82) is 0 Å². The van der Waals surface area contributed by atoms with Crippen molar-refractivity contribution in [1.82, 2.24) is 5.32 Å². The van der Waals surface area contributed by atoms with E-state index in [2.05, 4.69) is 15.3 Å². The van der Waals surface area contributed by atoms with Crippen LogP contribution < -0.4 is 10.1 Å². The summed E-state index contributed by atoms with van der Waals surface area (Å²) in [5.41, 5.74) is 13.1. The Balaban J connectivity index is 1.41. The molecule has 0 saturated carbocycles. The van der Waals surface area contributed by atoms with Gasteiger partial charge in [-0.3, -0.25) is 28.8 Å². The number of carbonyl (C=O) groups excluding carboxylic acids is 8. The molecule has 420 valence electrons.